The Morgan fingerprint density at radius 3 is 2.05 bits per heavy atom. The lowest BCUT2D eigenvalue weighted by Crippen LogP contribution is -2.50. The number of rotatable bonds is 12. The molecule has 5 N–H and O–H groups in total. The lowest BCUT2D eigenvalue weighted by atomic mass is 9.96. The lowest BCUT2D eigenvalue weighted by Gasteiger charge is -2.34. The van der Waals surface area contributed by atoms with E-state index in [-0.39, 0.29) is 11.9 Å². The molecule has 1 amide bonds. The summed E-state index contributed by atoms with van der Waals surface area (Å²) in [4.78, 5) is 48.1. The molecular formula is C29H43N5O8. The van der Waals surface area contributed by atoms with Crippen molar-refractivity contribution >= 4 is 23.8 Å². The molecule has 1 unspecified atom stereocenters. The molecule has 1 aliphatic rings. The van der Waals surface area contributed by atoms with Gasteiger partial charge in [0.15, 0.2) is 5.60 Å². The van der Waals surface area contributed by atoms with Crippen LogP contribution >= 0.6 is 0 Å². The van der Waals surface area contributed by atoms with Crippen molar-refractivity contribution in [2.24, 2.45) is 0 Å². The third kappa shape index (κ3) is 9.93. The minimum atomic E-state index is -2.74. The van der Waals surface area contributed by atoms with Gasteiger partial charge in [-0.15, -0.1) is 0 Å². The number of aliphatic hydroxyl groups is 1. The molecule has 3 rings (SSSR count). The molecular weight excluding hydrogens is 546 g/mol. The van der Waals surface area contributed by atoms with E-state index in [4.69, 9.17) is 25.5 Å². The number of carbonyl (C=O) groups excluding carboxylic acids is 1. The zero-order valence-electron chi connectivity index (χ0n) is 25.0. The Balaban J connectivity index is 0.000000401. The number of carbonyl (C=O) groups is 4. The predicted octanol–water partition coefficient (Wildman–Crippen LogP) is 1.23. The number of aryl methyl sites for hydroxylation is 2. The standard InChI is InChI=1S/C23H35N5O.C6H8O7/c1-6-20(16-27-13-11-26(5)12-14-27)24-23(29)15-21-18(3)25-28(19(21)4)22-10-8-7-9-17(22)2;7-3(8)1-6(13,5(11)12)2-4(9)10/h7-10,20H,6,11-16H2,1-5H3,(H,24,29);13H,1-2H2,(H,7,8)(H,9,10)(H,11,12). The number of carboxylic acid groups (broad SMARTS) is 3. The summed E-state index contributed by atoms with van der Waals surface area (Å²) in [6.07, 6.45) is -0.968. The van der Waals surface area contributed by atoms with Crippen LogP contribution in [0.15, 0.2) is 24.3 Å². The van der Waals surface area contributed by atoms with Crippen LogP contribution in [-0.2, 0) is 25.6 Å². The quantitative estimate of drug-likeness (QED) is 0.240. The summed E-state index contributed by atoms with van der Waals surface area (Å²) in [5.74, 6) is -4.93. The van der Waals surface area contributed by atoms with E-state index in [0.717, 1.165) is 61.8 Å². The second kappa shape index (κ2) is 15.4. The van der Waals surface area contributed by atoms with E-state index in [9.17, 15) is 19.2 Å². The van der Waals surface area contributed by atoms with Gasteiger partial charge in [0.1, 0.15) is 0 Å². The summed E-state index contributed by atoms with van der Waals surface area (Å²) in [7, 11) is 2.16. The summed E-state index contributed by atoms with van der Waals surface area (Å²) in [6, 6.07) is 8.40. The number of carboxylic acids is 3. The minimum absolute atomic E-state index is 0.0847. The van der Waals surface area contributed by atoms with Crippen LogP contribution < -0.4 is 5.32 Å². The van der Waals surface area contributed by atoms with Gasteiger partial charge in [0.05, 0.1) is 30.6 Å². The van der Waals surface area contributed by atoms with Crippen molar-refractivity contribution in [1.29, 1.82) is 0 Å². The van der Waals surface area contributed by atoms with Crippen LogP contribution in [0.2, 0.25) is 0 Å². The summed E-state index contributed by atoms with van der Waals surface area (Å²) in [6.45, 7) is 13.5. The molecule has 0 bridgehead atoms. The molecule has 1 atom stereocenters. The molecule has 1 saturated heterocycles. The molecule has 1 aromatic heterocycles. The fourth-order valence-corrected chi connectivity index (χ4v) is 4.74. The molecule has 0 saturated carbocycles. The molecule has 13 heteroatoms. The third-order valence-corrected chi connectivity index (χ3v) is 7.34. The van der Waals surface area contributed by atoms with Crippen LogP contribution in [0.3, 0.4) is 0 Å². The highest BCUT2D eigenvalue weighted by Gasteiger charge is 2.40. The van der Waals surface area contributed by atoms with Crippen LogP contribution in [0, 0.1) is 20.8 Å². The van der Waals surface area contributed by atoms with Gasteiger partial charge < -0.3 is 30.6 Å². The first-order valence-electron chi connectivity index (χ1n) is 13.9. The van der Waals surface area contributed by atoms with Gasteiger partial charge in [-0.3, -0.25) is 19.3 Å². The largest absolute Gasteiger partial charge is 0.481 e. The van der Waals surface area contributed by atoms with Gasteiger partial charge in [-0.2, -0.15) is 5.10 Å². The van der Waals surface area contributed by atoms with Crippen LogP contribution in [0.1, 0.15) is 48.7 Å². The van der Waals surface area contributed by atoms with Gasteiger partial charge in [0.25, 0.3) is 0 Å². The van der Waals surface area contributed by atoms with E-state index in [2.05, 4.69) is 55.1 Å². The Morgan fingerprint density at radius 2 is 1.55 bits per heavy atom. The highest BCUT2D eigenvalue weighted by Crippen LogP contribution is 2.21. The number of hydrogen-bond acceptors (Lipinski definition) is 8. The molecule has 2 heterocycles. The first kappa shape index (κ1) is 34.4. The maximum Gasteiger partial charge on any atom is 0.336 e. The van der Waals surface area contributed by atoms with Crippen molar-refractivity contribution in [1.82, 2.24) is 24.9 Å². The summed E-state index contributed by atoms with van der Waals surface area (Å²) in [5.41, 5.74) is 2.50. The van der Waals surface area contributed by atoms with Crippen LogP contribution in [0.25, 0.3) is 5.69 Å². The van der Waals surface area contributed by atoms with Gasteiger partial charge in [0.2, 0.25) is 5.91 Å². The number of amides is 1. The topological polar surface area (TPSA) is 186 Å². The van der Waals surface area contributed by atoms with E-state index in [1.807, 2.05) is 23.7 Å². The van der Waals surface area contributed by atoms with Gasteiger partial charge in [-0.1, -0.05) is 25.1 Å². The van der Waals surface area contributed by atoms with Crippen LogP contribution in [0.4, 0.5) is 0 Å². The highest BCUT2D eigenvalue weighted by molar-refractivity contribution is 5.88. The molecule has 0 spiro atoms. The molecule has 0 radical (unpaired) electrons. The van der Waals surface area contributed by atoms with Crippen LogP contribution in [-0.4, -0.2) is 115 Å². The Labute approximate surface area is 245 Å². The molecule has 13 nitrogen and oxygen atoms in total. The second-order valence-electron chi connectivity index (χ2n) is 10.8. The molecule has 0 aliphatic carbocycles. The molecule has 1 aliphatic heterocycles. The number of likely N-dealkylation sites (N-methyl/N-ethyl adjacent to an activating group) is 1. The van der Waals surface area contributed by atoms with Crippen molar-refractivity contribution < 1.29 is 39.6 Å². The zero-order chi connectivity index (χ0) is 31.6. The third-order valence-electron chi connectivity index (χ3n) is 7.34. The molecule has 1 aromatic carbocycles. The first-order chi connectivity index (χ1) is 19.7. The second-order valence-corrected chi connectivity index (χ2v) is 10.8. The normalized spacial score (nSPS) is 14.9. The van der Waals surface area contributed by atoms with E-state index < -0.39 is 36.4 Å². The summed E-state index contributed by atoms with van der Waals surface area (Å²) >= 11 is 0. The molecule has 1 fully saturated rings. The monoisotopic (exact) mass is 589 g/mol. The number of nitrogens with one attached hydrogen (secondary N) is 1. The minimum Gasteiger partial charge on any atom is -0.481 e. The number of nitrogens with zero attached hydrogens (tertiary/aromatic N) is 4. The summed E-state index contributed by atoms with van der Waals surface area (Å²) < 4.78 is 1.97. The fraction of sp³-hybridized carbons (Fsp3) is 0.552. The Kier molecular flexibility index (Phi) is 12.6. The van der Waals surface area contributed by atoms with Crippen LogP contribution in [0.5, 0.6) is 0 Å². The van der Waals surface area contributed by atoms with Gasteiger partial charge >= 0.3 is 17.9 Å². The number of aliphatic carboxylic acids is 3. The van der Waals surface area contributed by atoms with E-state index in [1.54, 1.807) is 0 Å². The Bertz CT molecular complexity index is 1240. The number of piperazine rings is 1. The van der Waals surface area contributed by atoms with Crippen molar-refractivity contribution in [3.63, 3.8) is 0 Å². The van der Waals surface area contributed by atoms with Crippen molar-refractivity contribution in [3.05, 3.63) is 46.8 Å². The zero-order valence-corrected chi connectivity index (χ0v) is 25.0. The maximum atomic E-state index is 12.8. The maximum absolute atomic E-state index is 12.8. The van der Waals surface area contributed by atoms with Crippen molar-refractivity contribution in [2.75, 3.05) is 39.8 Å². The average Bonchev–Trinajstić information content (AvgIpc) is 3.17. The van der Waals surface area contributed by atoms with E-state index in [1.165, 1.54) is 5.56 Å². The molecule has 42 heavy (non-hydrogen) atoms. The van der Waals surface area contributed by atoms with Gasteiger partial charge in [-0.25, -0.2) is 9.48 Å². The number of benzene rings is 1. The fourth-order valence-electron chi connectivity index (χ4n) is 4.74. The smallest absolute Gasteiger partial charge is 0.336 e. The van der Waals surface area contributed by atoms with E-state index >= 15 is 0 Å². The number of hydrogen-bond donors (Lipinski definition) is 5. The molecule has 232 valence electrons. The van der Waals surface area contributed by atoms with Gasteiger partial charge in [0, 0.05) is 50.0 Å². The first-order valence-corrected chi connectivity index (χ1v) is 13.9. The Morgan fingerprint density at radius 1 is 0.976 bits per heavy atom. The number of aromatic nitrogens is 2. The SMILES string of the molecule is CCC(CN1CCN(C)CC1)NC(=O)Cc1c(C)nn(-c2ccccc2C)c1C.O=C(O)CC(O)(CC(=O)O)C(=O)O. The Hall–Kier alpha value is -3.81. The highest BCUT2D eigenvalue weighted by atomic mass is 16.4. The number of para-hydroxylation sites is 1. The van der Waals surface area contributed by atoms with Crippen molar-refractivity contribution in [3.8, 4) is 5.69 Å². The predicted molar refractivity (Wildman–Crippen MR) is 155 cm³/mol. The average molecular weight is 590 g/mol. The molecule has 2 aromatic rings. The van der Waals surface area contributed by atoms with Crippen molar-refractivity contribution in [2.45, 2.75) is 65.0 Å². The van der Waals surface area contributed by atoms with Gasteiger partial charge in [-0.05, 0) is 45.9 Å². The summed E-state index contributed by atoms with van der Waals surface area (Å²) in [5, 5.41) is 41.8. The lowest BCUT2D eigenvalue weighted by molar-refractivity contribution is -0.170. The van der Waals surface area contributed by atoms with E-state index in [0.29, 0.717) is 6.42 Å².